The Kier molecular flexibility index (Phi) is 3.14. The number of rotatable bonds is 3. The number of Topliss-reactive ketones (excluding diaryl/α,β-unsaturated/α-hetero) is 1. The van der Waals surface area contributed by atoms with Crippen LogP contribution in [0.5, 0.6) is 5.88 Å². The SMILES string of the molecule is COc1nccnc1C(=O)C1(C)CCCS1. The highest BCUT2D eigenvalue weighted by molar-refractivity contribution is 8.01. The van der Waals surface area contributed by atoms with Crippen molar-refractivity contribution in [3.05, 3.63) is 18.1 Å². The van der Waals surface area contributed by atoms with Crippen LogP contribution in [-0.2, 0) is 0 Å². The zero-order valence-corrected chi connectivity index (χ0v) is 10.2. The lowest BCUT2D eigenvalue weighted by Crippen LogP contribution is -2.30. The third-order valence-electron chi connectivity index (χ3n) is 2.77. The number of methoxy groups -OCH3 is 1. The smallest absolute Gasteiger partial charge is 0.243 e. The number of ketones is 1. The number of carbonyl (C=O) groups is 1. The van der Waals surface area contributed by atoms with Crippen LogP contribution in [-0.4, -0.2) is 33.4 Å². The van der Waals surface area contributed by atoms with E-state index in [1.54, 1.807) is 11.8 Å². The van der Waals surface area contributed by atoms with Crippen molar-refractivity contribution in [1.29, 1.82) is 0 Å². The lowest BCUT2D eigenvalue weighted by atomic mass is 9.98. The van der Waals surface area contributed by atoms with Gasteiger partial charge in [-0.3, -0.25) is 4.79 Å². The first-order valence-electron chi connectivity index (χ1n) is 5.21. The van der Waals surface area contributed by atoms with E-state index in [4.69, 9.17) is 4.74 Å². The van der Waals surface area contributed by atoms with Crippen molar-refractivity contribution in [2.75, 3.05) is 12.9 Å². The predicted octanol–water partition coefficient (Wildman–Crippen LogP) is 1.95. The van der Waals surface area contributed by atoms with Gasteiger partial charge in [0.2, 0.25) is 11.7 Å². The van der Waals surface area contributed by atoms with Crippen LogP contribution >= 0.6 is 11.8 Å². The minimum atomic E-state index is -0.358. The van der Waals surface area contributed by atoms with Gasteiger partial charge in [-0.1, -0.05) is 0 Å². The Labute approximate surface area is 98.8 Å². The number of hydrogen-bond acceptors (Lipinski definition) is 5. The Bertz CT molecular complexity index is 403. The van der Waals surface area contributed by atoms with Crippen molar-refractivity contribution >= 4 is 17.5 Å². The van der Waals surface area contributed by atoms with Crippen LogP contribution in [0.4, 0.5) is 0 Å². The molecule has 0 radical (unpaired) electrons. The first-order chi connectivity index (χ1) is 7.67. The molecule has 0 amide bonds. The number of hydrogen-bond donors (Lipinski definition) is 0. The average Bonchev–Trinajstić information content (AvgIpc) is 2.76. The fourth-order valence-electron chi connectivity index (χ4n) is 1.84. The molecular weight excluding hydrogens is 224 g/mol. The minimum absolute atomic E-state index is 0.0277. The lowest BCUT2D eigenvalue weighted by Gasteiger charge is -2.20. The molecule has 2 heterocycles. The van der Waals surface area contributed by atoms with Gasteiger partial charge >= 0.3 is 0 Å². The summed E-state index contributed by atoms with van der Waals surface area (Å²) in [6.45, 7) is 1.97. The van der Waals surface area contributed by atoms with Crippen LogP contribution in [0.15, 0.2) is 12.4 Å². The Hall–Kier alpha value is -1.10. The summed E-state index contributed by atoms with van der Waals surface area (Å²) in [6, 6.07) is 0. The first kappa shape index (κ1) is 11.4. The van der Waals surface area contributed by atoms with E-state index >= 15 is 0 Å². The van der Waals surface area contributed by atoms with Crippen molar-refractivity contribution in [3.63, 3.8) is 0 Å². The Morgan fingerprint density at radius 3 is 2.88 bits per heavy atom. The van der Waals surface area contributed by atoms with E-state index in [1.165, 1.54) is 19.5 Å². The molecule has 0 spiro atoms. The number of carbonyl (C=O) groups excluding carboxylic acids is 1. The highest BCUT2D eigenvalue weighted by Gasteiger charge is 2.39. The molecule has 4 nitrogen and oxygen atoms in total. The summed E-state index contributed by atoms with van der Waals surface area (Å²) in [4.78, 5) is 20.4. The van der Waals surface area contributed by atoms with Gasteiger partial charge in [0.1, 0.15) is 0 Å². The van der Waals surface area contributed by atoms with Crippen LogP contribution < -0.4 is 4.74 Å². The maximum Gasteiger partial charge on any atom is 0.243 e. The molecule has 86 valence electrons. The number of thioether (sulfide) groups is 1. The molecule has 1 unspecified atom stereocenters. The Morgan fingerprint density at radius 1 is 1.50 bits per heavy atom. The molecule has 1 aromatic rings. The van der Waals surface area contributed by atoms with Gasteiger partial charge in [-0.25, -0.2) is 9.97 Å². The number of nitrogens with zero attached hydrogens (tertiary/aromatic N) is 2. The molecule has 1 aliphatic rings. The second-order valence-electron chi connectivity index (χ2n) is 3.93. The van der Waals surface area contributed by atoms with E-state index in [-0.39, 0.29) is 10.5 Å². The summed E-state index contributed by atoms with van der Waals surface area (Å²) in [5.41, 5.74) is 0.349. The fourth-order valence-corrected chi connectivity index (χ4v) is 3.09. The van der Waals surface area contributed by atoms with Gasteiger partial charge in [0.15, 0.2) is 5.69 Å². The molecule has 0 saturated carbocycles. The fraction of sp³-hybridized carbons (Fsp3) is 0.545. The van der Waals surface area contributed by atoms with Crippen LogP contribution in [0.1, 0.15) is 30.3 Å². The van der Waals surface area contributed by atoms with Gasteiger partial charge in [-0.15, -0.1) is 11.8 Å². The summed E-state index contributed by atoms with van der Waals surface area (Å²) < 4.78 is 4.71. The summed E-state index contributed by atoms with van der Waals surface area (Å²) in [5.74, 6) is 1.38. The van der Waals surface area contributed by atoms with E-state index in [0.29, 0.717) is 11.6 Å². The number of aromatic nitrogens is 2. The molecule has 16 heavy (non-hydrogen) atoms. The van der Waals surface area contributed by atoms with E-state index in [1.807, 2.05) is 6.92 Å². The third-order valence-corrected chi connectivity index (χ3v) is 4.29. The molecule has 0 aromatic carbocycles. The predicted molar refractivity (Wildman–Crippen MR) is 63.0 cm³/mol. The summed E-state index contributed by atoms with van der Waals surface area (Å²) in [7, 11) is 1.50. The van der Waals surface area contributed by atoms with Crippen molar-refractivity contribution in [1.82, 2.24) is 9.97 Å². The molecule has 0 N–H and O–H groups in total. The van der Waals surface area contributed by atoms with E-state index < -0.39 is 0 Å². The van der Waals surface area contributed by atoms with Crippen molar-refractivity contribution in [3.8, 4) is 5.88 Å². The molecule has 0 bridgehead atoms. The van der Waals surface area contributed by atoms with Gasteiger partial charge in [0, 0.05) is 12.4 Å². The van der Waals surface area contributed by atoms with Gasteiger partial charge < -0.3 is 4.74 Å². The van der Waals surface area contributed by atoms with Gasteiger partial charge in [0.05, 0.1) is 11.9 Å². The zero-order valence-electron chi connectivity index (χ0n) is 9.40. The molecule has 1 aliphatic heterocycles. The molecule has 2 rings (SSSR count). The first-order valence-corrected chi connectivity index (χ1v) is 6.20. The lowest BCUT2D eigenvalue weighted by molar-refractivity contribution is 0.0940. The van der Waals surface area contributed by atoms with Crippen LogP contribution in [0.2, 0.25) is 0 Å². The molecule has 1 fully saturated rings. The number of ether oxygens (including phenoxy) is 1. The van der Waals surface area contributed by atoms with Crippen molar-refractivity contribution < 1.29 is 9.53 Å². The topological polar surface area (TPSA) is 52.1 Å². The quantitative estimate of drug-likeness (QED) is 0.753. The summed E-state index contributed by atoms with van der Waals surface area (Å²) in [6.07, 6.45) is 5.03. The Balaban J connectivity index is 2.33. The largest absolute Gasteiger partial charge is 0.479 e. The molecular formula is C11H14N2O2S. The van der Waals surface area contributed by atoms with Gasteiger partial charge in [-0.05, 0) is 25.5 Å². The highest BCUT2D eigenvalue weighted by atomic mass is 32.2. The second kappa shape index (κ2) is 4.41. The van der Waals surface area contributed by atoms with E-state index in [0.717, 1.165) is 18.6 Å². The second-order valence-corrected chi connectivity index (χ2v) is 5.52. The normalized spacial score (nSPS) is 24.4. The van der Waals surface area contributed by atoms with Crippen molar-refractivity contribution in [2.24, 2.45) is 0 Å². The maximum absolute atomic E-state index is 12.3. The average molecular weight is 238 g/mol. The highest BCUT2D eigenvalue weighted by Crippen LogP contribution is 2.40. The van der Waals surface area contributed by atoms with E-state index in [2.05, 4.69) is 9.97 Å². The third kappa shape index (κ3) is 1.91. The van der Waals surface area contributed by atoms with Crippen LogP contribution in [0.25, 0.3) is 0 Å². The maximum atomic E-state index is 12.3. The monoisotopic (exact) mass is 238 g/mol. The van der Waals surface area contributed by atoms with Crippen LogP contribution in [0, 0.1) is 0 Å². The minimum Gasteiger partial charge on any atom is -0.479 e. The van der Waals surface area contributed by atoms with Gasteiger partial charge in [0.25, 0.3) is 0 Å². The standard InChI is InChI=1S/C11H14N2O2S/c1-11(4-3-7-16-11)9(14)8-10(15-2)13-6-5-12-8/h5-6H,3-4,7H2,1-2H3. The van der Waals surface area contributed by atoms with Gasteiger partial charge in [-0.2, -0.15) is 0 Å². The summed E-state index contributed by atoms with van der Waals surface area (Å²) >= 11 is 1.69. The molecule has 1 aromatic heterocycles. The Morgan fingerprint density at radius 2 is 2.25 bits per heavy atom. The molecule has 0 aliphatic carbocycles. The molecule has 1 saturated heterocycles. The summed E-state index contributed by atoms with van der Waals surface area (Å²) in [5, 5.41) is 0. The van der Waals surface area contributed by atoms with Crippen LogP contribution in [0.3, 0.4) is 0 Å². The van der Waals surface area contributed by atoms with E-state index in [9.17, 15) is 4.79 Å². The molecule has 1 atom stereocenters. The zero-order chi connectivity index (χ0) is 11.6. The van der Waals surface area contributed by atoms with Crippen molar-refractivity contribution in [2.45, 2.75) is 24.5 Å². The molecule has 5 heteroatoms.